The van der Waals surface area contributed by atoms with Gasteiger partial charge >= 0.3 is 12.0 Å². The number of urea groups is 1. The van der Waals surface area contributed by atoms with Crippen molar-refractivity contribution in [1.82, 2.24) is 10.6 Å². The fraction of sp³-hybridized carbons (Fsp3) is 0.846. The van der Waals surface area contributed by atoms with Crippen molar-refractivity contribution in [1.29, 1.82) is 0 Å². The molecule has 0 aromatic heterocycles. The van der Waals surface area contributed by atoms with Crippen molar-refractivity contribution in [2.75, 3.05) is 0 Å². The summed E-state index contributed by atoms with van der Waals surface area (Å²) in [5, 5.41) is 14.7. The van der Waals surface area contributed by atoms with E-state index >= 15 is 0 Å². The van der Waals surface area contributed by atoms with Crippen LogP contribution in [0.3, 0.4) is 0 Å². The van der Waals surface area contributed by atoms with Crippen molar-refractivity contribution in [3.8, 4) is 0 Å². The van der Waals surface area contributed by atoms with Gasteiger partial charge in [0.25, 0.3) is 0 Å². The molecule has 0 unspecified atom stereocenters. The lowest BCUT2D eigenvalue weighted by atomic mass is 9.77. The van der Waals surface area contributed by atoms with Crippen molar-refractivity contribution >= 4 is 12.0 Å². The zero-order valence-electron chi connectivity index (χ0n) is 11.5. The third-order valence-electron chi connectivity index (χ3n) is 5.27. The Labute approximate surface area is 107 Å². The van der Waals surface area contributed by atoms with Crippen LogP contribution in [0.25, 0.3) is 0 Å². The molecule has 0 bridgehead atoms. The highest BCUT2D eigenvalue weighted by Gasteiger charge is 2.65. The summed E-state index contributed by atoms with van der Waals surface area (Å²) in [6, 6.07) is -0.267. The largest absolute Gasteiger partial charge is 0.480 e. The molecule has 5 nitrogen and oxygen atoms in total. The Bertz CT molecular complexity index is 383. The second-order valence-corrected chi connectivity index (χ2v) is 6.72. The minimum atomic E-state index is -1.03. The predicted octanol–water partition coefficient (Wildman–Crippen LogP) is 1.73. The second kappa shape index (κ2) is 3.62. The maximum atomic E-state index is 11.9. The highest BCUT2D eigenvalue weighted by atomic mass is 16.4. The number of rotatable bonds is 3. The molecule has 18 heavy (non-hydrogen) atoms. The lowest BCUT2D eigenvalue weighted by Crippen LogP contribution is -2.61. The summed E-state index contributed by atoms with van der Waals surface area (Å²) in [7, 11) is 0. The highest BCUT2D eigenvalue weighted by Crippen LogP contribution is 2.62. The van der Waals surface area contributed by atoms with Crippen molar-refractivity contribution in [3.05, 3.63) is 0 Å². The number of carboxylic acid groups (broad SMARTS) is 1. The molecule has 0 aromatic rings. The molecule has 2 saturated carbocycles. The fourth-order valence-electron chi connectivity index (χ4n) is 2.86. The molecule has 3 N–H and O–H groups in total. The summed E-state index contributed by atoms with van der Waals surface area (Å²) in [5.74, 6) is -0.932. The van der Waals surface area contributed by atoms with Gasteiger partial charge in [-0.3, -0.25) is 0 Å². The number of carboxylic acids is 1. The van der Waals surface area contributed by atoms with Crippen LogP contribution in [-0.2, 0) is 4.79 Å². The lowest BCUT2D eigenvalue weighted by molar-refractivity contribution is -0.148. The first kappa shape index (κ1) is 13.2. The first-order chi connectivity index (χ1) is 8.13. The molecular weight excluding hydrogens is 232 g/mol. The van der Waals surface area contributed by atoms with E-state index < -0.39 is 11.5 Å². The molecule has 0 spiro atoms. The molecule has 2 fully saturated rings. The number of carbonyl (C=O) groups is 2. The van der Waals surface area contributed by atoms with Gasteiger partial charge in [-0.2, -0.15) is 0 Å². The molecule has 0 aromatic carbocycles. The summed E-state index contributed by atoms with van der Waals surface area (Å²) in [6.07, 6.45) is 1.90. The quantitative estimate of drug-likeness (QED) is 0.717. The van der Waals surface area contributed by atoms with Gasteiger partial charge in [0.05, 0.1) is 0 Å². The second-order valence-electron chi connectivity index (χ2n) is 6.72. The molecule has 0 saturated heterocycles. The van der Waals surface area contributed by atoms with Crippen molar-refractivity contribution < 1.29 is 14.7 Å². The number of nitrogens with one attached hydrogen (secondary N) is 2. The Morgan fingerprint density at radius 2 is 1.61 bits per heavy atom. The van der Waals surface area contributed by atoms with Crippen LogP contribution in [0, 0.1) is 10.8 Å². The normalized spacial score (nSPS) is 26.9. The van der Waals surface area contributed by atoms with E-state index in [1.165, 1.54) is 0 Å². The zero-order valence-corrected chi connectivity index (χ0v) is 11.5. The molecule has 0 aliphatic heterocycles. The smallest absolute Gasteiger partial charge is 0.329 e. The van der Waals surface area contributed by atoms with Gasteiger partial charge in [-0.15, -0.1) is 0 Å². The Morgan fingerprint density at radius 3 is 1.89 bits per heavy atom. The van der Waals surface area contributed by atoms with E-state index in [0.717, 1.165) is 6.42 Å². The number of amides is 2. The van der Waals surface area contributed by atoms with E-state index in [4.69, 9.17) is 5.11 Å². The molecule has 2 amide bonds. The molecular formula is C13H22N2O3. The first-order valence-corrected chi connectivity index (χ1v) is 6.45. The number of carbonyl (C=O) groups excluding carboxylic acids is 1. The van der Waals surface area contributed by atoms with Gasteiger partial charge in [-0.1, -0.05) is 27.7 Å². The van der Waals surface area contributed by atoms with Gasteiger partial charge in [0.1, 0.15) is 5.54 Å². The van der Waals surface area contributed by atoms with Gasteiger partial charge < -0.3 is 15.7 Å². The van der Waals surface area contributed by atoms with Crippen LogP contribution >= 0.6 is 0 Å². The first-order valence-electron chi connectivity index (χ1n) is 6.45. The third kappa shape index (κ3) is 1.68. The topological polar surface area (TPSA) is 78.4 Å². The van der Waals surface area contributed by atoms with Crippen LogP contribution in [0.5, 0.6) is 0 Å². The molecule has 0 radical (unpaired) electrons. The summed E-state index contributed by atoms with van der Waals surface area (Å²) in [5.41, 5.74) is -0.923. The summed E-state index contributed by atoms with van der Waals surface area (Å²) in [4.78, 5) is 23.0. The molecule has 2 aliphatic rings. The highest BCUT2D eigenvalue weighted by molar-refractivity contribution is 5.87. The molecule has 2 aliphatic carbocycles. The van der Waals surface area contributed by atoms with Gasteiger partial charge in [0.2, 0.25) is 0 Å². The molecule has 5 heteroatoms. The van der Waals surface area contributed by atoms with Crippen molar-refractivity contribution in [3.63, 3.8) is 0 Å². The minimum Gasteiger partial charge on any atom is -0.480 e. The standard InChI is InChI=1S/C13H22N2O3/c1-11(2)8(12(11,3)4)14-10(18)15-13(9(16)17)6-5-7-13/h8H,5-7H2,1-4H3,(H,16,17)(H2,14,15,18). The van der Waals surface area contributed by atoms with Crippen LogP contribution in [0.1, 0.15) is 47.0 Å². The van der Waals surface area contributed by atoms with E-state index in [-0.39, 0.29) is 22.9 Å². The van der Waals surface area contributed by atoms with E-state index in [1.807, 2.05) is 0 Å². The van der Waals surface area contributed by atoms with E-state index in [1.54, 1.807) is 0 Å². The van der Waals surface area contributed by atoms with Crippen LogP contribution in [0.4, 0.5) is 4.79 Å². The predicted molar refractivity (Wildman–Crippen MR) is 67.2 cm³/mol. The van der Waals surface area contributed by atoms with Gasteiger partial charge in [-0.05, 0) is 30.1 Å². The average Bonchev–Trinajstić information content (AvgIpc) is 2.54. The number of hydrogen-bond acceptors (Lipinski definition) is 2. The fourth-order valence-corrected chi connectivity index (χ4v) is 2.86. The number of hydrogen-bond donors (Lipinski definition) is 3. The Hall–Kier alpha value is -1.26. The molecule has 2 rings (SSSR count). The van der Waals surface area contributed by atoms with Gasteiger partial charge in [0, 0.05) is 6.04 Å². The van der Waals surface area contributed by atoms with Crippen LogP contribution in [0.15, 0.2) is 0 Å². The lowest BCUT2D eigenvalue weighted by Gasteiger charge is -2.38. The van der Waals surface area contributed by atoms with Crippen molar-refractivity contribution in [2.24, 2.45) is 10.8 Å². The van der Waals surface area contributed by atoms with E-state index in [9.17, 15) is 9.59 Å². The molecule has 0 atom stereocenters. The van der Waals surface area contributed by atoms with Gasteiger partial charge in [0.15, 0.2) is 0 Å². The SMILES string of the molecule is CC1(C)C(NC(=O)NC2(C(=O)O)CCC2)C1(C)C. The van der Waals surface area contributed by atoms with E-state index in [0.29, 0.717) is 12.8 Å². The van der Waals surface area contributed by atoms with Crippen LogP contribution in [-0.4, -0.2) is 28.7 Å². The summed E-state index contributed by atoms with van der Waals surface area (Å²) < 4.78 is 0. The Morgan fingerprint density at radius 1 is 1.11 bits per heavy atom. The molecule has 0 heterocycles. The maximum Gasteiger partial charge on any atom is 0.329 e. The maximum absolute atomic E-state index is 11.9. The Balaban J connectivity index is 1.93. The number of aliphatic carboxylic acids is 1. The van der Waals surface area contributed by atoms with Crippen LogP contribution in [0.2, 0.25) is 0 Å². The zero-order chi connectivity index (χ0) is 13.8. The third-order valence-corrected chi connectivity index (χ3v) is 5.27. The van der Waals surface area contributed by atoms with Crippen LogP contribution < -0.4 is 10.6 Å². The molecule has 102 valence electrons. The van der Waals surface area contributed by atoms with Crippen molar-refractivity contribution in [2.45, 2.75) is 58.5 Å². The van der Waals surface area contributed by atoms with Gasteiger partial charge in [-0.25, -0.2) is 9.59 Å². The minimum absolute atomic E-state index is 0.0559. The average molecular weight is 254 g/mol. The summed E-state index contributed by atoms with van der Waals surface area (Å²) >= 11 is 0. The summed E-state index contributed by atoms with van der Waals surface area (Å²) in [6.45, 7) is 8.42. The van der Waals surface area contributed by atoms with E-state index in [2.05, 4.69) is 38.3 Å². The Kier molecular flexibility index (Phi) is 2.65. The monoisotopic (exact) mass is 254 g/mol.